The van der Waals surface area contributed by atoms with Gasteiger partial charge in [-0.3, -0.25) is 0 Å². The first-order valence-electron chi connectivity index (χ1n) is 21.6. The molecule has 0 bridgehead atoms. The molecule has 0 atom stereocenters. The first kappa shape index (κ1) is 35.4. The Balaban J connectivity index is 1.00. The van der Waals surface area contributed by atoms with E-state index >= 15 is 0 Å². The van der Waals surface area contributed by atoms with Crippen LogP contribution in [0.3, 0.4) is 0 Å². The molecule has 0 aliphatic rings. The average Bonchev–Trinajstić information content (AvgIpc) is 3.91. The number of rotatable bonds is 6. The van der Waals surface area contributed by atoms with Crippen LogP contribution in [0.1, 0.15) is 0 Å². The van der Waals surface area contributed by atoms with Gasteiger partial charge in [-0.25, -0.2) is 0 Å². The Morgan fingerprint density at radius 1 is 0.317 bits per heavy atom. The van der Waals surface area contributed by atoms with Crippen molar-refractivity contribution in [2.75, 3.05) is 4.90 Å². The van der Waals surface area contributed by atoms with Gasteiger partial charge in [0.2, 0.25) is 0 Å². The Hall–Kier alpha value is -8.40. The number of para-hydroxylation sites is 4. The zero-order valence-electron chi connectivity index (χ0n) is 34.2. The number of hydrogen-bond donors (Lipinski definition) is 0. The molecule has 0 fully saturated rings. The molecular formula is C60H38N2O. The molecule has 0 radical (unpaired) electrons. The van der Waals surface area contributed by atoms with Crippen molar-refractivity contribution < 1.29 is 4.42 Å². The van der Waals surface area contributed by atoms with Gasteiger partial charge in [-0.05, 0) is 98.7 Å². The average molecular weight is 803 g/mol. The second-order valence-corrected chi connectivity index (χ2v) is 16.5. The number of aromatic nitrogens is 1. The van der Waals surface area contributed by atoms with Crippen molar-refractivity contribution in [1.82, 2.24) is 4.57 Å². The summed E-state index contributed by atoms with van der Waals surface area (Å²) in [4.78, 5) is 2.40. The monoisotopic (exact) mass is 802 g/mol. The fourth-order valence-corrected chi connectivity index (χ4v) is 10.0. The lowest BCUT2D eigenvalue weighted by molar-refractivity contribution is 0.674. The molecule has 13 aromatic rings. The summed E-state index contributed by atoms with van der Waals surface area (Å²) < 4.78 is 9.34. The van der Waals surface area contributed by atoms with Crippen LogP contribution in [0.2, 0.25) is 0 Å². The van der Waals surface area contributed by atoms with E-state index in [2.05, 4.69) is 240 Å². The molecule has 0 N–H and O–H groups in total. The molecule has 13 rings (SSSR count). The minimum Gasteiger partial charge on any atom is -0.455 e. The Morgan fingerprint density at radius 3 is 1.68 bits per heavy atom. The number of anilines is 3. The van der Waals surface area contributed by atoms with Crippen molar-refractivity contribution in [3.63, 3.8) is 0 Å². The van der Waals surface area contributed by atoms with Crippen LogP contribution in [0.15, 0.2) is 235 Å². The Labute approximate surface area is 363 Å². The number of fused-ring (bicyclic) bond motifs is 11. The normalized spacial score (nSPS) is 11.8. The van der Waals surface area contributed by atoms with Gasteiger partial charge in [0.25, 0.3) is 0 Å². The molecule has 0 amide bonds. The highest BCUT2D eigenvalue weighted by Gasteiger charge is 2.22. The van der Waals surface area contributed by atoms with E-state index in [1.54, 1.807) is 0 Å². The lowest BCUT2D eigenvalue weighted by atomic mass is 9.97. The standard InChI is InChI=1S/C60H38N2O/c1-3-17-47-40(13-1)27-28-43-37-42(32-35-48(43)47)39-29-33-44(34-30-39)61(45-15-11-16-46(38-45)62-57-25-9-5-19-50(57)51-20-6-10-26-58(51)62)56-24-8-7-21-52(56)53-22-12-23-54-55-36-31-41-14-2-4-18-49(41)59(55)63-60(53)54/h1-38H. The third-order valence-corrected chi connectivity index (χ3v) is 13.0. The highest BCUT2D eigenvalue weighted by molar-refractivity contribution is 6.18. The maximum absolute atomic E-state index is 6.94. The van der Waals surface area contributed by atoms with Gasteiger partial charge in [-0.2, -0.15) is 0 Å². The predicted octanol–water partition coefficient (Wildman–Crippen LogP) is 16.9. The first-order valence-corrected chi connectivity index (χ1v) is 21.6. The third-order valence-electron chi connectivity index (χ3n) is 13.0. The summed E-state index contributed by atoms with van der Waals surface area (Å²) >= 11 is 0. The second-order valence-electron chi connectivity index (χ2n) is 16.5. The van der Waals surface area contributed by atoms with Crippen LogP contribution in [0, 0.1) is 0 Å². The fourth-order valence-electron chi connectivity index (χ4n) is 10.0. The van der Waals surface area contributed by atoms with E-state index in [9.17, 15) is 0 Å². The smallest absolute Gasteiger partial charge is 0.143 e. The number of nitrogens with zero attached hydrogens (tertiary/aromatic N) is 2. The van der Waals surface area contributed by atoms with Crippen LogP contribution < -0.4 is 4.90 Å². The van der Waals surface area contributed by atoms with Crippen molar-refractivity contribution in [2.45, 2.75) is 0 Å². The number of benzene rings is 11. The van der Waals surface area contributed by atoms with Crippen molar-refractivity contribution in [1.29, 1.82) is 0 Å². The molecular weight excluding hydrogens is 765 g/mol. The summed E-state index contributed by atoms with van der Waals surface area (Å²) in [6.07, 6.45) is 0. The Kier molecular flexibility index (Phi) is 7.91. The van der Waals surface area contributed by atoms with Gasteiger partial charge < -0.3 is 13.9 Å². The fraction of sp³-hybridized carbons (Fsp3) is 0. The molecule has 0 unspecified atom stereocenters. The molecule has 2 heterocycles. The van der Waals surface area contributed by atoms with Crippen molar-refractivity contribution in [3.05, 3.63) is 231 Å². The summed E-state index contributed by atoms with van der Waals surface area (Å²) in [7, 11) is 0. The van der Waals surface area contributed by atoms with Gasteiger partial charge in [-0.1, -0.05) is 170 Å². The molecule has 0 aliphatic heterocycles. The molecule has 0 saturated heterocycles. The van der Waals surface area contributed by atoms with E-state index in [4.69, 9.17) is 4.42 Å². The van der Waals surface area contributed by atoms with Gasteiger partial charge in [0.15, 0.2) is 0 Å². The predicted molar refractivity (Wildman–Crippen MR) is 266 cm³/mol. The third kappa shape index (κ3) is 5.60. The van der Waals surface area contributed by atoms with Gasteiger partial charge in [0.05, 0.1) is 16.7 Å². The summed E-state index contributed by atoms with van der Waals surface area (Å²) in [5.41, 5.74) is 12.9. The molecule has 2 aromatic heterocycles. The zero-order chi connectivity index (χ0) is 41.4. The molecule has 294 valence electrons. The lowest BCUT2D eigenvalue weighted by Crippen LogP contribution is -2.12. The Bertz CT molecular complexity index is 3870. The molecule has 3 heteroatoms. The van der Waals surface area contributed by atoms with E-state index in [-0.39, 0.29) is 0 Å². The molecule has 11 aromatic carbocycles. The van der Waals surface area contributed by atoms with E-state index in [0.29, 0.717) is 0 Å². The quantitative estimate of drug-likeness (QED) is 0.156. The summed E-state index contributed by atoms with van der Waals surface area (Å²) in [5, 5.41) is 12.0. The van der Waals surface area contributed by atoms with E-state index < -0.39 is 0 Å². The molecule has 0 aliphatic carbocycles. The van der Waals surface area contributed by atoms with Crippen LogP contribution in [0.5, 0.6) is 0 Å². The lowest BCUT2D eigenvalue weighted by Gasteiger charge is -2.28. The Morgan fingerprint density at radius 2 is 0.873 bits per heavy atom. The largest absolute Gasteiger partial charge is 0.455 e. The van der Waals surface area contributed by atoms with Crippen LogP contribution in [-0.4, -0.2) is 4.57 Å². The van der Waals surface area contributed by atoms with Gasteiger partial charge in [0, 0.05) is 55.1 Å². The van der Waals surface area contributed by atoms with Gasteiger partial charge in [-0.15, -0.1) is 0 Å². The summed E-state index contributed by atoms with van der Waals surface area (Å²) in [6, 6.07) is 83.5. The van der Waals surface area contributed by atoms with Crippen molar-refractivity contribution >= 4 is 93.1 Å². The summed E-state index contributed by atoms with van der Waals surface area (Å²) in [6.45, 7) is 0. The molecule has 63 heavy (non-hydrogen) atoms. The maximum Gasteiger partial charge on any atom is 0.143 e. The second kappa shape index (κ2) is 14.1. The minimum atomic E-state index is 0.884. The first-order chi connectivity index (χ1) is 31.2. The van der Waals surface area contributed by atoms with E-state index in [1.807, 2.05) is 0 Å². The van der Waals surface area contributed by atoms with Crippen molar-refractivity contribution in [2.24, 2.45) is 0 Å². The van der Waals surface area contributed by atoms with E-state index in [0.717, 1.165) is 61.2 Å². The molecule has 3 nitrogen and oxygen atoms in total. The minimum absolute atomic E-state index is 0.884. The highest BCUT2D eigenvalue weighted by Crippen LogP contribution is 2.46. The number of hydrogen-bond acceptors (Lipinski definition) is 2. The van der Waals surface area contributed by atoms with Crippen LogP contribution in [0.4, 0.5) is 17.1 Å². The van der Waals surface area contributed by atoms with Gasteiger partial charge >= 0.3 is 0 Å². The van der Waals surface area contributed by atoms with Crippen LogP contribution in [0.25, 0.3) is 104 Å². The van der Waals surface area contributed by atoms with E-state index in [1.165, 1.54) is 59.9 Å². The maximum atomic E-state index is 6.94. The van der Waals surface area contributed by atoms with Crippen LogP contribution in [-0.2, 0) is 0 Å². The van der Waals surface area contributed by atoms with Crippen LogP contribution >= 0.6 is 0 Å². The number of furan rings is 1. The molecule has 0 spiro atoms. The highest BCUT2D eigenvalue weighted by atomic mass is 16.3. The zero-order valence-corrected chi connectivity index (χ0v) is 34.2. The molecule has 0 saturated carbocycles. The summed E-state index contributed by atoms with van der Waals surface area (Å²) in [5.74, 6) is 0. The SMILES string of the molecule is c1cc(N(c2ccc(-c3ccc4c(ccc5ccccc54)c3)cc2)c2ccccc2-c2cccc3c2oc2c4ccccc4ccc32)cc(-n2c3ccccc3c3ccccc32)c1. The van der Waals surface area contributed by atoms with Gasteiger partial charge in [0.1, 0.15) is 11.2 Å². The topological polar surface area (TPSA) is 21.3 Å². The van der Waals surface area contributed by atoms with Crippen molar-refractivity contribution in [3.8, 4) is 27.9 Å².